The van der Waals surface area contributed by atoms with E-state index >= 15 is 0 Å². The summed E-state index contributed by atoms with van der Waals surface area (Å²) in [7, 11) is 1.63. The minimum atomic E-state index is -0.0965. The Morgan fingerprint density at radius 1 is 1.30 bits per heavy atom. The van der Waals surface area contributed by atoms with E-state index in [0.717, 1.165) is 30.6 Å². The molecule has 6 nitrogen and oxygen atoms in total. The van der Waals surface area contributed by atoms with Crippen molar-refractivity contribution in [1.82, 2.24) is 4.90 Å². The van der Waals surface area contributed by atoms with Crippen LogP contribution in [0.25, 0.3) is 0 Å². The molecule has 0 N–H and O–H groups in total. The number of furan rings is 1. The highest BCUT2D eigenvalue weighted by Gasteiger charge is 2.37. The molecule has 2 aromatic rings. The van der Waals surface area contributed by atoms with Crippen LogP contribution in [0, 0.1) is 0 Å². The molecule has 142 valence electrons. The molecule has 1 atom stereocenters. The van der Waals surface area contributed by atoms with Gasteiger partial charge in [-0.15, -0.1) is 5.10 Å². The smallest absolute Gasteiger partial charge is 0.242 e. The molecule has 1 amide bonds. The molecule has 1 aliphatic rings. The van der Waals surface area contributed by atoms with Crippen molar-refractivity contribution in [2.75, 3.05) is 7.11 Å². The van der Waals surface area contributed by atoms with E-state index in [1.54, 1.807) is 36.6 Å². The number of amidine groups is 1. The van der Waals surface area contributed by atoms with Gasteiger partial charge in [-0.05, 0) is 36.2 Å². The summed E-state index contributed by atoms with van der Waals surface area (Å²) in [4.78, 5) is 14.6. The van der Waals surface area contributed by atoms with Crippen LogP contribution < -0.4 is 4.74 Å². The van der Waals surface area contributed by atoms with Crippen molar-refractivity contribution in [2.24, 2.45) is 10.2 Å². The summed E-state index contributed by atoms with van der Waals surface area (Å²) in [5.74, 6) is 1.51. The number of carbonyl (C=O) groups is 1. The molecule has 0 saturated carbocycles. The van der Waals surface area contributed by atoms with Gasteiger partial charge in [0.15, 0.2) is 5.17 Å². The van der Waals surface area contributed by atoms with E-state index in [4.69, 9.17) is 9.15 Å². The monoisotopic (exact) mass is 385 g/mol. The fourth-order valence-corrected chi connectivity index (χ4v) is 3.86. The molecule has 7 heteroatoms. The molecule has 1 unspecified atom stereocenters. The number of ether oxygens (including phenoxy) is 1. The molecule has 0 radical (unpaired) electrons. The van der Waals surface area contributed by atoms with Crippen molar-refractivity contribution < 1.29 is 13.9 Å². The second kappa shape index (κ2) is 9.41. The SMILES string of the molecule is CCCCC1SC(=NN=Cc2ccco2)N(Cc2ccc(OC)cc2)C1=O. The van der Waals surface area contributed by atoms with Gasteiger partial charge in [0.1, 0.15) is 11.5 Å². The van der Waals surface area contributed by atoms with Crippen LogP contribution in [0.1, 0.15) is 37.5 Å². The third kappa shape index (κ3) is 5.01. The Kier molecular flexibility index (Phi) is 6.70. The minimum absolute atomic E-state index is 0.0937. The number of unbranched alkanes of at least 4 members (excludes halogenated alkanes) is 1. The fraction of sp³-hybridized carbons (Fsp3) is 0.350. The van der Waals surface area contributed by atoms with E-state index in [0.29, 0.717) is 17.5 Å². The van der Waals surface area contributed by atoms with Gasteiger partial charge < -0.3 is 9.15 Å². The second-order valence-corrected chi connectivity index (χ2v) is 7.33. The van der Waals surface area contributed by atoms with Gasteiger partial charge >= 0.3 is 0 Å². The number of amides is 1. The molecule has 1 saturated heterocycles. The van der Waals surface area contributed by atoms with E-state index in [2.05, 4.69) is 17.1 Å². The molecule has 2 heterocycles. The number of carbonyl (C=O) groups excluding carboxylic acids is 1. The van der Waals surface area contributed by atoms with Gasteiger partial charge in [-0.1, -0.05) is 43.7 Å². The number of rotatable bonds is 8. The largest absolute Gasteiger partial charge is 0.497 e. The van der Waals surface area contributed by atoms with Crippen LogP contribution in [-0.2, 0) is 11.3 Å². The van der Waals surface area contributed by atoms with Crippen molar-refractivity contribution in [3.8, 4) is 5.75 Å². The van der Waals surface area contributed by atoms with E-state index in [1.807, 2.05) is 24.3 Å². The maximum Gasteiger partial charge on any atom is 0.242 e. The minimum Gasteiger partial charge on any atom is -0.497 e. The maximum atomic E-state index is 12.9. The van der Waals surface area contributed by atoms with Crippen molar-refractivity contribution in [3.05, 3.63) is 54.0 Å². The highest BCUT2D eigenvalue weighted by Crippen LogP contribution is 2.32. The van der Waals surface area contributed by atoms with Gasteiger partial charge in [-0.2, -0.15) is 5.10 Å². The average molecular weight is 385 g/mol. The Morgan fingerprint density at radius 3 is 2.78 bits per heavy atom. The Bertz CT molecular complexity index is 800. The van der Waals surface area contributed by atoms with E-state index < -0.39 is 0 Å². The number of nitrogens with zero attached hydrogens (tertiary/aromatic N) is 3. The lowest BCUT2D eigenvalue weighted by Crippen LogP contribution is -2.31. The number of methoxy groups -OCH3 is 1. The Labute approximate surface area is 163 Å². The van der Waals surface area contributed by atoms with Crippen molar-refractivity contribution in [3.63, 3.8) is 0 Å². The van der Waals surface area contributed by atoms with Crippen LogP contribution in [0.2, 0.25) is 0 Å². The first-order valence-corrected chi connectivity index (χ1v) is 9.84. The van der Waals surface area contributed by atoms with Crippen LogP contribution in [0.15, 0.2) is 57.3 Å². The molecule has 1 aliphatic heterocycles. The second-order valence-electron chi connectivity index (χ2n) is 6.16. The Hall–Kier alpha value is -2.54. The predicted octanol–water partition coefficient (Wildman–Crippen LogP) is 4.31. The topological polar surface area (TPSA) is 67.4 Å². The van der Waals surface area contributed by atoms with Gasteiger partial charge in [-0.25, -0.2) is 0 Å². The summed E-state index contributed by atoms with van der Waals surface area (Å²) in [5, 5.41) is 8.91. The molecule has 1 aromatic carbocycles. The molecule has 0 spiro atoms. The molecule has 1 aromatic heterocycles. The summed E-state index contributed by atoms with van der Waals surface area (Å²) >= 11 is 1.49. The summed E-state index contributed by atoms with van der Waals surface area (Å²) in [6, 6.07) is 11.3. The molecule has 0 bridgehead atoms. The molecule has 27 heavy (non-hydrogen) atoms. The summed E-state index contributed by atoms with van der Waals surface area (Å²) in [5.41, 5.74) is 1.02. The number of benzene rings is 1. The molecule has 1 fully saturated rings. The number of hydrogen-bond acceptors (Lipinski definition) is 6. The zero-order chi connectivity index (χ0) is 19.1. The van der Waals surface area contributed by atoms with Crippen molar-refractivity contribution in [1.29, 1.82) is 0 Å². The lowest BCUT2D eigenvalue weighted by Gasteiger charge is -2.16. The summed E-state index contributed by atoms with van der Waals surface area (Å²) in [6.07, 6.45) is 6.05. The molecule has 0 aliphatic carbocycles. The summed E-state index contributed by atoms with van der Waals surface area (Å²) < 4.78 is 10.4. The highest BCUT2D eigenvalue weighted by atomic mass is 32.2. The van der Waals surface area contributed by atoms with Gasteiger partial charge in [0, 0.05) is 0 Å². The first kappa shape index (κ1) is 19.2. The number of thioether (sulfide) groups is 1. The van der Waals surface area contributed by atoms with Crippen LogP contribution in [-0.4, -0.2) is 34.5 Å². The highest BCUT2D eigenvalue weighted by molar-refractivity contribution is 8.15. The lowest BCUT2D eigenvalue weighted by atomic mass is 10.1. The van der Waals surface area contributed by atoms with Crippen LogP contribution >= 0.6 is 11.8 Å². The zero-order valence-corrected chi connectivity index (χ0v) is 16.3. The maximum absolute atomic E-state index is 12.9. The average Bonchev–Trinajstić information content (AvgIpc) is 3.31. The standard InChI is InChI=1S/C20H23N3O3S/c1-3-4-7-18-19(24)23(14-15-8-10-16(25-2)11-9-15)20(27-18)22-21-13-17-6-5-12-26-17/h5-6,8-13,18H,3-4,7,14H2,1-2H3. The molecular weight excluding hydrogens is 362 g/mol. The zero-order valence-electron chi connectivity index (χ0n) is 15.5. The molecular formula is C20H23N3O3S. The van der Waals surface area contributed by atoms with Crippen molar-refractivity contribution in [2.45, 2.75) is 38.0 Å². The van der Waals surface area contributed by atoms with Gasteiger partial charge in [0.2, 0.25) is 5.91 Å². The van der Waals surface area contributed by atoms with Crippen molar-refractivity contribution >= 4 is 29.1 Å². The van der Waals surface area contributed by atoms with E-state index in [9.17, 15) is 4.79 Å². The first-order chi connectivity index (χ1) is 13.2. The van der Waals surface area contributed by atoms with Crippen LogP contribution in [0.5, 0.6) is 5.75 Å². The van der Waals surface area contributed by atoms with Crippen LogP contribution in [0.3, 0.4) is 0 Å². The third-order valence-electron chi connectivity index (χ3n) is 4.21. The fourth-order valence-electron chi connectivity index (χ4n) is 2.72. The number of hydrogen-bond donors (Lipinski definition) is 0. The van der Waals surface area contributed by atoms with Gasteiger partial charge in [-0.3, -0.25) is 9.69 Å². The third-order valence-corrected chi connectivity index (χ3v) is 5.45. The van der Waals surface area contributed by atoms with E-state index in [1.165, 1.54) is 11.8 Å². The Morgan fingerprint density at radius 2 is 2.11 bits per heavy atom. The van der Waals surface area contributed by atoms with Crippen LogP contribution in [0.4, 0.5) is 0 Å². The quantitative estimate of drug-likeness (QED) is 0.501. The normalized spacial score (nSPS) is 18.7. The van der Waals surface area contributed by atoms with E-state index in [-0.39, 0.29) is 11.2 Å². The first-order valence-electron chi connectivity index (χ1n) is 8.96. The molecule has 3 rings (SSSR count). The Balaban J connectivity index is 1.77. The predicted molar refractivity (Wildman–Crippen MR) is 108 cm³/mol. The van der Waals surface area contributed by atoms with Gasteiger partial charge in [0.05, 0.1) is 31.4 Å². The van der Waals surface area contributed by atoms with Gasteiger partial charge in [0.25, 0.3) is 0 Å². The lowest BCUT2D eigenvalue weighted by molar-refractivity contribution is -0.126. The summed E-state index contributed by atoms with van der Waals surface area (Å²) in [6.45, 7) is 2.59.